The summed E-state index contributed by atoms with van der Waals surface area (Å²) in [5.74, 6) is 0.969. The summed E-state index contributed by atoms with van der Waals surface area (Å²) in [4.78, 5) is 36.3. The van der Waals surface area contributed by atoms with E-state index < -0.39 is 6.10 Å². The molecule has 33 heavy (non-hydrogen) atoms. The van der Waals surface area contributed by atoms with Crippen molar-refractivity contribution in [3.63, 3.8) is 0 Å². The molecule has 4 rings (SSSR count). The van der Waals surface area contributed by atoms with Crippen LogP contribution in [0.2, 0.25) is 0 Å². The summed E-state index contributed by atoms with van der Waals surface area (Å²) in [5.41, 5.74) is 0.806. The van der Waals surface area contributed by atoms with Crippen molar-refractivity contribution in [3.8, 4) is 5.75 Å². The average Bonchev–Trinajstić information content (AvgIpc) is 2.84. The highest BCUT2D eigenvalue weighted by Crippen LogP contribution is 2.37. The van der Waals surface area contributed by atoms with Crippen LogP contribution >= 0.6 is 0 Å². The summed E-state index contributed by atoms with van der Waals surface area (Å²) in [6.07, 6.45) is 2.84. The number of anilines is 1. The molecule has 1 aromatic carbocycles. The van der Waals surface area contributed by atoms with Crippen LogP contribution in [-0.2, 0) is 9.59 Å². The van der Waals surface area contributed by atoms with E-state index in [9.17, 15) is 9.59 Å². The molecule has 1 N–H and O–H groups in total. The molecule has 2 aliphatic heterocycles. The molecule has 0 saturated carbocycles. The molecule has 1 saturated heterocycles. The molecule has 1 aromatic heterocycles. The Balaban J connectivity index is 1.25. The van der Waals surface area contributed by atoms with Gasteiger partial charge in [-0.1, -0.05) is 30.3 Å². The number of benzene rings is 1. The molecule has 3 heterocycles. The molecule has 2 amide bonds. The number of ether oxygens (including phenoxy) is 1. The predicted octanol–water partition coefficient (Wildman–Crippen LogP) is 2.08. The molecule has 0 unspecified atom stereocenters. The summed E-state index contributed by atoms with van der Waals surface area (Å²) in [5, 5.41) is 3.01. The summed E-state index contributed by atoms with van der Waals surface area (Å²) < 4.78 is 5.97. The Morgan fingerprint density at radius 3 is 2.64 bits per heavy atom. The largest absolute Gasteiger partial charge is 0.472 e. The van der Waals surface area contributed by atoms with Crippen molar-refractivity contribution in [1.29, 1.82) is 0 Å². The van der Waals surface area contributed by atoms with E-state index in [1.807, 2.05) is 36.4 Å². The lowest BCUT2D eigenvalue weighted by atomic mass is 10.1. The fourth-order valence-corrected chi connectivity index (χ4v) is 4.24. The maximum Gasteiger partial charge on any atom is 0.274 e. The number of piperazine rings is 1. The normalized spacial score (nSPS) is 19.1. The number of rotatable bonds is 9. The van der Waals surface area contributed by atoms with Crippen LogP contribution < -0.4 is 15.0 Å². The van der Waals surface area contributed by atoms with Gasteiger partial charge in [-0.15, -0.1) is 0 Å². The SMILES string of the molecule is CN1CCN(CCCNC(=O)CCCN2C(=O)[C@@H](c3ccccc3)Oc3cccnc32)CC1. The zero-order valence-electron chi connectivity index (χ0n) is 19.3. The standard InChI is InChI=1S/C25H33N5O3/c1-28-16-18-29(19-17-28)14-7-13-26-22(31)11-6-15-30-24-21(10-5-12-27-24)33-23(25(30)32)20-8-3-2-4-9-20/h2-5,8-10,12,23H,6-7,11,13-19H2,1H3,(H,26,31)/t23-/m1/s1. The number of hydrogen-bond acceptors (Lipinski definition) is 6. The van der Waals surface area contributed by atoms with Gasteiger partial charge in [0.1, 0.15) is 0 Å². The molecule has 2 aliphatic rings. The molecular weight excluding hydrogens is 418 g/mol. The van der Waals surface area contributed by atoms with Gasteiger partial charge >= 0.3 is 0 Å². The van der Waals surface area contributed by atoms with E-state index >= 15 is 0 Å². The van der Waals surface area contributed by atoms with Gasteiger partial charge in [0.05, 0.1) is 0 Å². The first kappa shape index (κ1) is 23.2. The van der Waals surface area contributed by atoms with Gasteiger partial charge in [0.15, 0.2) is 11.6 Å². The number of nitrogens with zero attached hydrogens (tertiary/aromatic N) is 4. The Kier molecular flexibility index (Phi) is 7.91. The van der Waals surface area contributed by atoms with Crippen LogP contribution in [0, 0.1) is 0 Å². The van der Waals surface area contributed by atoms with Crippen molar-refractivity contribution < 1.29 is 14.3 Å². The highest BCUT2D eigenvalue weighted by molar-refractivity contribution is 5.99. The number of likely N-dealkylation sites (N-methyl/N-ethyl adjacent to an activating group) is 1. The van der Waals surface area contributed by atoms with Gasteiger partial charge in [-0.2, -0.15) is 0 Å². The van der Waals surface area contributed by atoms with Crippen LogP contribution in [0.25, 0.3) is 0 Å². The molecule has 1 atom stereocenters. The zero-order chi connectivity index (χ0) is 23.0. The second kappa shape index (κ2) is 11.2. The van der Waals surface area contributed by atoms with Crippen LogP contribution in [0.1, 0.15) is 30.9 Å². The molecule has 0 bridgehead atoms. The van der Waals surface area contributed by atoms with Gasteiger partial charge in [-0.05, 0) is 38.6 Å². The minimum atomic E-state index is -0.702. The van der Waals surface area contributed by atoms with Crippen molar-refractivity contribution in [2.45, 2.75) is 25.4 Å². The number of fused-ring (bicyclic) bond motifs is 1. The summed E-state index contributed by atoms with van der Waals surface area (Å²) in [6.45, 7) is 6.52. The first-order chi connectivity index (χ1) is 16.1. The van der Waals surface area contributed by atoms with E-state index in [1.54, 1.807) is 17.2 Å². The predicted molar refractivity (Wildman–Crippen MR) is 127 cm³/mol. The van der Waals surface area contributed by atoms with Gasteiger partial charge < -0.3 is 19.9 Å². The fraction of sp³-hybridized carbons (Fsp3) is 0.480. The molecule has 2 aromatic rings. The zero-order valence-corrected chi connectivity index (χ0v) is 19.3. The number of pyridine rings is 1. The monoisotopic (exact) mass is 451 g/mol. The molecule has 0 spiro atoms. The topological polar surface area (TPSA) is 78.0 Å². The first-order valence-corrected chi connectivity index (χ1v) is 11.8. The summed E-state index contributed by atoms with van der Waals surface area (Å²) in [6, 6.07) is 13.1. The molecule has 0 aliphatic carbocycles. The maximum atomic E-state index is 13.2. The van der Waals surface area contributed by atoms with E-state index in [4.69, 9.17) is 4.74 Å². The Morgan fingerprint density at radius 1 is 1.06 bits per heavy atom. The first-order valence-electron chi connectivity index (χ1n) is 11.8. The molecule has 8 nitrogen and oxygen atoms in total. The van der Waals surface area contributed by atoms with E-state index in [0.717, 1.165) is 44.7 Å². The van der Waals surface area contributed by atoms with Gasteiger partial charge in [0.25, 0.3) is 5.91 Å². The number of nitrogens with one attached hydrogen (secondary N) is 1. The van der Waals surface area contributed by atoms with E-state index in [1.165, 1.54) is 0 Å². The molecule has 0 radical (unpaired) electrons. The van der Waals surface area contributed by atoms with Crippen LogP contribution in [0.5, 0.6) is 5.75 Å². The molecular formula is C25H33N5O3. The maximum absolute atomic E-state index is 13.2. The van der Waals surface area contributed by atoms with Gasteiger partial charge in [-0.3, -0.25) is 14.5 Å². The second-order valence-electron chi connectivity index (χ2n) is 8.68. The third-order valence-corrected chi connectivity index (χ3v) is 6.20. The third-order valence-electron chi connectivity index (χ3n) is 6.20. The van der Waals surface area contributed by atoms with Crippen molar-refractivity contribution in [3.05, 3.63) is 54.2 Å². The smallest absolute Gasteiger partial charge is 0.274 e. The van der Waals surface area contributed by atoms with Gasteiger partial charge in [-0.25, -0.2) is 4.98 Å². The third kappa shape index (κ3) is 6.09. The Morgan fingerprint density at radius 2 is 1.85 bits per heavy atom. The lowest BCUT2D eigenvalue weighted by molar-refractivity contribution is -0.127. The molecule has 176 valence electrons. The minimum Gasteiger partial charge on any atom is -0.472 e. The van der Waals surface area contributed by atoms with E-state index in [-0.39, 0.29) is 11.8 Å². The summed E-state index contributed by atoms with van der Waals surface area (Å²) >= 11 is 0. The lowest BCUT2D eigenvalue weighted by Crippen LogP contribution is -2.45. The van der Waals surface area contributed by atoms with Crippen molar-refractivity contribution in [1.82, 2.24) is 20.1 Å². The lowest BCUT2D eigenvalue weighted by Gasteiger charge is -2.33. The average molecular weight is 452 g/mol. The van der Waals surface area contributed by atoms with Crippen LogP contribution in [0.4, 0.5) is 5.82 Å². The van der Waals surface area contributed by atoms with Crippen LogP contribution in [0.3, 0.4) is 0 Å². The van der Waals surface area contributed by atoms with Crippen LogP contribution in [0.15, 0.2) is 48.7 Å². The number of carbonyl (C=O) groups is 2. The van der Waals surface area contributed by atoms with E-state index in [0.29, 0.717) is 37.5 Å². The van der Waals surface area contributed by atoms with Crippen molar-refractivity contribution in [2.24, 2.45) is 0 Å². The quantitative estimate of drug-likeness (QED) is 0.589. The number of amides is 2. The number of hydrogen-bond donors (Lipinski definition) is 1. The van der Waals surface area contributed by atoms with Gasteiger partial charge in [0, 0.05) is 57.4 Å². The van der Waals surface area contributed by atoms with Crippen LogP contribution in [-0.4, -0.2) is 79.5 Å². The van der Waals surface area contributed by atoms with Crippen molar-refractivity contribution in [2.75, 3.05) is 57.8 Å². The minimum absolute atomic E-state index is 0.0231. The van der Waals surface area contributed by atoms with E-state index in [2.05, 4.69) is 27.1 Å². The second-order valence-corrected chi connectivity index (χ2v) is 8.68. The van der Waals surface area contributed by atoms with Gasteiger partial charge in [0.2, 0.25) is 12.0 Å². The Bertz CT molecular complexity index is 931. The number of carbonyl (C=O) groups excluding carboxylic acids is 2. The van der Waals surface area contributed by atoms with Crippen molar-refractivity contribution >= 4 is 17.6 Å². The molecule has 8 heteroatoms. The highest BCUT2D eigenvalue weighted by atomic mass is 16.5. The Labute approximate surface area is 195 Å². The Hall–Kier alpha value is -2.97. The molecule has 1 fully saturated rings. The fourth-order valence-electron chi connectivity index (χ4n) is 4.24. The highest BCUT2D eigenvalue weighted by Gasteiger charge is 2.36. The summed E-state index contributed by atoms with van der Waals surface area (Å²) in [7, 11) is 2.15. The number of aromatic nitrogens is 1.